The fourth-order valence-corrected chi connectivity index (χ4v) is 6.67. The zero-order valence-electron chi connectivity index (χ0n) is 31.4. The van der Waals surface area contributed by atoms with Gasteiger partial charge >= 0.3 is 5.97 Å². The van der Waals surface area contributed by atoms with Gasteiger partial charge in [0.1, 0.15) is 0 Å². The van der Waals surface area contributed by atoms with Crippen LogP contribution in [0.4, 0.5) is 0 Å². The molecule has 0 fully saturated rings. The number of carbonyl (C=O) groups is 4. The average Bonchev–Trinajstić information content (AvgIpc) is 3.19. The zero-order chi connectivity index (χ0) is 38.2. The average molecular weight is 719 g/mol. The predicted molar refractivity (Wildman–Crippen MR) is 209 cm³/mol. The second-order valence-electron chi connectivity index (χ2n) is 13.5. The van der Waals surface area contributed by atoms with Crippen molar-refractivity contribution in [3.8, 4) is 0 Å². The van der Waals surface area contributed by atoms with E-state index in [0.717, 1.165) is 22.3 Å². The van der Waals surface area contributed by atoms with E-state index in [1.54, 1.807) is 14.7 Å². The maximum Gasteiger partial charge on any atom is 0.305 e. The second-order valence-corrected chi connectivity index (χ2v) is 13.5. The van der Waals surface area contributed by atoms with E-state index in [2.05, 4.69) is 24.4 Å². The van der Waals surface area contributed by atoms with E-state index in [1.165, 1.54) is 0 Å². The van der Waals surface area contributed by atoms with Crippen molar-refractivity contribution in [1.29, 1.82) is 0 Å². The Bertz CT molecular complexity index is 1720. The molecule has 4 rings (SSSR count). The van der Waals surface area contributed by atoms with Gasteiger partial charge in [0.05, 0.1) is 24.5 Å². The number of amides is 3. The summed E-state index contributed by atoms with van der Waals surface area (Å²) in [6.45, 7) is 8.79. The summed E-state index contributed by atoms with van der Waals surface area (Å²) in [6, 6.07) is 38.2. The fourth-order valence-electron chi connectivity index (χ4n) is 6.67. The summed E-state index contributed by atoms with van der Waals surface area (Å²) >= 11 is 0. The van der Waals surface area contributed by atoms with Crippen LogP contribution in [0.15, 0.2) is 121 Å². The monoisotopic (exact) mass is 718 g/mol. The molecule has 0 aliphatic rings. The van der Waals surface area contributed by atoms with Crippen molar-refractivity contribution in [2.45, 2.75) is 77.5 Å². The number of carboxylic acids is 1. The summed E-state index contributed by atoms with van der Waals surface area (Å²) in [6.07, 6.45) is 0.183. The van der Waals surface area contributed by atoms with E-state index in [-0.39, 0.29) is 87.2 Å². The lowest BCUT2D eigenvalue weighted by molar-refractivity contribution is -0.139. The number of hydrogen-bond acceptors (Lipinski definition) is 5. The maximum absolute atomic E-state index is 14.2. The third-order valence-electron chi connectivity index (χ3n) is 10.00. The van der Waals surface area contributed by atoms with E-state index < -0.39 is 5.97 Å². The number of rotatable bonds is 20. The first kappa shape index (κ1) is 40.5. The summed E-state index contributed by atoms with van der Waals surface area (Å²) < 4.78 is 0. The smallest absolute Gasteiger partial charge is 0.305 e. The van der Waals surface area contributed by atoms with Crippen LogP contribution in [0, 0.1) is 0 Å². The van der Waals surface area contributed by atoms with Gasteiger partial charge in [-0.05, 0) is 49.9 Å². The third kappa shape index (κ3) is 12.1. The van der Waals surface area contributed by atoms with Crippen LogP contribution in [0.1, 0.15) is 99.8 Å². The van der Waals surface area contributed by atoms with Gasteiger partial charge < -0.3 is 25.1 Å². The molecule has 2 N–H and O–H groups in total. The third-order valence-corrected chi connectivity index (χ3v) is 10.00. The molecular formula is C44H54N4O5. The standard InChI is InChI=1S/C44H54N4O5/c1-33(37-17-9-5-10-18-37)45-29-25-41(49)46(34(2)38-19-11-6-12-20-38)30-26-42(50)47(35(3)39-21-13-7-14-22-39)31-27-43(51)48(32-28-44(52)53)36(4)40-23-15-8-16-24-40/h5-24,33-36,45H,25-32H2,1-4H3,(H,52,53)/t33-,34-,35-,36-/m0/s1. The molecule has 0 radical (unpaired) electrons. The highest BCUT2D eigenvalue weighted by molar-refractivity contribution is 5.81. The van der Waals surface area contributed by atoms with Gasteiger partial charge in [0.2, 0.25) is 17.7 Å². The molecule has 4 aromatic rings. The van der Waals surface area contributed by atoms with Crippen molar-refractivity contribution in [2.75, 3.05) is 26.2 Å². The molecule has 0 bridgehead atoms. The van der Waals surface area contributed by atoms with Crippen LogP contribution in [0.25, 0.3) is 0 Å². The summed E-state index contributed by atoms with van der Waals surface area (Å²) in [5, 5.41) is 12.9. The topological polar surface area (TPSA) is 110 Å². The Kier molecular flexibility index (Phi) is 15.8. The van der Waals surface area contributed by atoms with Crippen LogP contribution in [0.2, 0.25) is 0 Å². The summed E-state index contributed by atoms with van der Waals surface area (Å²) in [4.78, 5) is 58.5. The molecule has 9 heteroatoms. The van der Waals surface area contributed by atoms with E-state index in [9.17, 15) is 24.3 Å². The van der Waals surface area contributed by atoms with Crippen LogP contribution in [0.3, 0.4) is 0 Å². The number of aliphatic carboxylic acids is 1. The van der Waals surface area contributed by atoms with Crippen LogP contribution in [0.5, 0.6) is 0 Å². The van der Waals surface area contributed by atoms with Crippen LogP contribution in [-0.2, 0) is 19.2 Å². The van der Waals surface area contributed by atoms with Gasteiger partial charge in [0.15, 0.2) is 0 Å². The Balaban J connectivity index is 1.50. The summed E-state index contributed by atoms with van der Waals surface area (Å²) in [7, 11) is 0. The normalized spacial score (nSPS) is 13.3. The predicted octanol–water partition coefficient (Wildman–Crippen LogP) is 7.75. The van der Waals surface area contributed by atoms with Crippen LogP contribution < -0.4 is 5.32 Å². The van der Waals surface area contributed by atoms with Crippen LogP contribution in [-0.4, -0.2) is 69.7 Å². The Labute approximate surface area is 314 Å². The minimum Gasteiger partial charge on any atom is -0.481 e. The Morgan fingerprint density at radius 1 is 0.472 bits per heavy atom. The van der Waals surface area contributed by atoms with Crippen molar-refractivity contribution in [3.05, 3.63) is 144 Å². The lowest BCUT2D eigenvalue weighted by atomic mass is 10.0. The van der Waals surface area contributed by atoms with Crippen molar-refractivity contribution < 1.29 is 24.3 Å². The number of carboxylic acid groups (broad SMARTS) is 1. The molecule has 0 aromatic heterocycles. The van der Waals surface area contributed by atoms with Gasteiger partial charge in [-0.15, -0.1) is 0 Å². The van der Waals surface area contributed by atoms with Gasteiger partial charge in [-0.1, -0.05) is 121 Å². The molecule has 0 saturated heterocycles. The largest absolute Gasteiger partial charge is 0.481 e. The Hall–Kier alpha value is -5.28. The zero-order valence-corrected chi connectivity index (χ0v) is 31.4. The van der Waals surface area contributed by atoms with Crippen molar-refractivity contribution >= 4 is 23.7 Å². The number of nitrogens with one attached hydrogen (secondary N) is 1. The summed E-state index contributed by atoms with van der Waals surface area (Å²) in [5.74, 6) is -1.43. The highest BCUT2D eigenvalue weighted by atomic mass is 16.4. The molecular weight excluding hydrogens is 665 g/mol. The molecule has 0 spiro atoms. The molecule has 4 aromatic carbocycles. The minimum absolute atomic E-state index is 0.0219. The molecule has 0 unspecified atom stereocenters. The van der Waals surface area contributed by atoms with E-state index in [0.29, 0.717) is 6.54 Å². The summed E-state index contributed by atoms with van der Waals surface area (Å²) in [5.41, 5.74) is 3.95. The molecule has 4 atom stereocenters. The van der Waals surface area contributed by atoms with E-state index in [4.69, 9.17) is 0 Å². The first-order valence-electron chi connectivity index (χ1n) is 18.6. The fraction of sp³-hybridized carbons (Fsp3) is 0.364. The van der Waals surface area contributed by atoms with Crippen molar-refractivity contribution in [3.63, 3.8) is 0 Å². The van der Waals surface area contributed by atoms with E-state index >= 15 is 0 Å². The maximum atomic E-state index is 14.2. The molecule has 280 valence electrons. The number of hydrogen-bond donors (Lipinski definition) is 2. The van der Waals surface area contributed by atoms with E-state index in [1.807, 2.05) is 130 Å². The number of nitrogens with zero attached hydrogens (tertiary/aromatic N) is 3. The highest BCUT2D eigenvalue weighted by Gasteiger charge is 2.28. The van der Waals surface area contributed by atoms with Gasteiger partial charge in [-0.2, -0.15) is 0 Å². The molecule has 0 heterocycles. The molecule has 53 heavy (non-hydrogen) atoms. The van der Waals surface area contributed by atoms with Gasteiger partial charge in [-0.25, -0.2) is 0 Å². The Morgan fingerprint density at radius 2 is 0.774 bits per heavy atom. The number of benzene rings is 4. The first-order chi connectivity index (χ1) is 25.6. The first-order valence-corrected chi connectivity index (χ1v) is 18.6. The highest BCUT2D eigenvalue weighted by Crippen LogP contribution is 2.26. The van der Waals surface area contributed by atoms with Crippen LogP contribution >= 0.6 is 0 Å². The quantitative estimate of drug-likeness (QED) is 0.0968. The van der Waals surface area contributed by atoms with Gasteiger partial charge in [-0.3, -0.25) is 19.2 Å². The molecule has 0 saturated carbocycles. The number of carbonyl (C=O) groups excluding carboxylic acids is 3. The Morgan fingerprint density at radius 3 is 1.11 bits per heavy atom. The van der Waals surface area contributed by atoms with Gasteiger partial charge in [0.25, 0.3) is 0 Å². The molecule has 0 aliphatic carbocycles. The molecule has 0 aliphatic heterocycles. The van der Waals surface area contributed by atoms with Crippen molar-refractivity contribution in [2.24, 2.45) is 0 Å². The SMILES string of the molecule is C[C@H](NCCC(=O)N(CCC(=O)N(CCC(=O)N(CCC(=O)O)[C@@H](C)c1ccccc1)[C@@H](C)c1ccccc1)[C@@H](C)c1ccccc1)c1ccccc1. The lowest BCUT2D eigenvalue weighted by Gasteiger charge is -2.34. The van der Waals surface area contributed by atoms with Gasteiger partial charge in [0, 0.05) is 51.5 Å². The second kappa shape index (κ2) is 20.7. The minimum atomic E-state index is -0.983. The molecule has 3 amide bonds. The lowest BCUT2D eigenvalue weighted by Crippen LogP contribution is -2.42. The molecule has 9 nitrogen and oxygen atoms in total. The van der Waals surface area contributed by atoms with Crippen molar-refractivity contribution in [1.82, 2.24) is 20.0 Å².